The van der Waals surface area contributed by atoms with Gasteiger partial charge in [-0.05, 0) is 44.7 Å². The Morgan fingerprint density at radius 3 is 1.49 bits per heavy atom. The summed E-state index contributed by atoms with van der Waals surface area (Å²) >= 11 is 0. The number of hydrogen-bond acceptors (Lipinski definition) is 4. The van der Waals surface area contributed by atoms with Gasteiger partial charge in [0.15, 0.2) is 17.5 Å². The standard InChI is InChI=1S/C49H31N3O/c1-3-12-32(13-4-1)34-24-28-37(29-25-34)40-19-10-21-42-45-43(22-11-23-44(45)53-46(40)42)49-51-47(38-30-26-35(27-31-38)33-14-5-2-6-15-33)50-48(52-49)41-20-9-17-36-16-7-8-18-39(36)41/h1-31H. The van der Waals surface area contributed by atoms with E-state index in [1.54, 1.807) is 0 Å². The third kappa shape index (κ3) is 5.54. The summed E-state index contributed by atoms with van der Waals surface area (Å²) in [6, 6.07) is 65.1. The lowest BCUT2D eigenvalue weighted by Crippen LogP contribution is -2.01. The second-order valence-corrected chi connectivity index (χ2v) is 13.2. The number of hydrogen-bond donors (Lipinski definition) is 0. The number of para-hydroxylation sites is 1. The lowest BCUT2D eigenvalue weighted by Gasteiger charge is -2.11. The second kappa shape index (κ2) is 12.9. The van der Waals surface area contributed by atoms with Crippen LogP contribution in [0, 0.1) is 0 Å². The van der Waals surface area contributed by atoms with Crippen molar-refractivity contribution in [2.24, 2.45) is 0 Å². The molecule has 0 amide bonds. The molecule has 2 heterocycles. The first-order valence-electron chi connectivity index (χ1n) is 17.8. The molecule has 4 nitrogen and oxygen atoms in total. The average Bonchev–Trinajstić information content (AvgIpc) is 3.63. The zero-order valence-corrected chi connectivity index (χ0v) is 28.6. The van der Waals surface area contributed by atoms with E-state index in [-0.39, 0.29) is 0 Å². The van der Waals surface area contributed by atoms with Gasteiger partial charge in [-0.3, -0.25) is 0 Å². The summed E-state index contributed by atoms with van der Waals surface area (Å²) in [6.07, 6.45) is 0. The van der Waals surface area contributed by atoms with Gasteiger partial charge in [-0.1, -0.05) is 182 Å². The first-order valence-corrected chi connectivity index (χ1v) is 17.8. The van der Waals surface area contributed by atoms with E-state index in [1.807, 2.05) is 24.3 Å². The number of nitrogens with zero attached hydrogens (tertiary/aromatic N) is 3. The van der Waals surface area contributed by atoms with Crippen LogP contribution in [-0.2, 0) is 0 Å². The molecule has 0 unspecified atom stereocenters. The molecule has 10 rings (SSSR count). The molecule has 0 atom stereocenters. The van der Waals surface area contributed by atoms with Crippen molar-refractivity contribution in [3.63, 3.8) is 0 Å². The quantitative estimate of drug-likeness (QED) is 0.176. The fraction of sp³-hybridized carbons (Fsp3) is 0. The monoisotopic (exact) mass is 677 g/mol. The summed E-state index contributed by atoms with van der Waals surface area (Å²) in [6.45, 7) is 0. The zero-order chi connectivity index (χ0) is 35.1. The Hall–Kier alpha value is -7.17. The minimum absolute atomic E-state index is 0.594. The fourth-order valence-corrected chi connectivity index (χ4v) is 7.34. The predicted octanol–water partition coefficient (Wildman–Crippen LogP) is 12.9. The van der Waals surface area contributed by atoms with Crippen LogP contribution < -0.4 is 0 Å². The van der Waals surface area contributed by atoms with Gasteiger partial charge < -0.3 is 4.42 Å². The molecule has 0 saturated heterocycles. The van der Waals surface area contributed by atoms with Crippen LogP contribution in [0.3, 0.4) is 0 Å². The van der Waals surface area contributed by atoms with E-state index >= 15 is 0 Å². The number of fused-ring (bicyclic) bond motifs is 4. The summed E-state index contributed by atoms with van der Waals surface area (Å²) in [7, 11) is 0. The van der Waals surface area contributed by atoms with Crippen molar-refractivity contribution in [1.82, 2.24) is 15.0 Å². The van der Waals surface area contributed by atoms with Crippen LogP contribution in [0.1, 0.15) is 0 Å². The van der Waals surface area contributed by atoms with Crippen molar-refractivity contribution in [2.45, 2.75) is 0 Å². The van der Waals surface area contributed by atoms with Crippen LogP contribution in [0.15, 0.2) is 192 Å². The largest absolute Gasteiger partial charge is 0.455 e. The molecule has 8 aromatic carbocycles. The van der Waals surface area contributed by atoms with Crippen molar-refractivity contribution in [3.05, 3.63) is 188 Å². The number of benzene rings is 8. The van der Waals surface area contributed by atoms with Crippen molar-refractivity contribution in [2.75, 3.05) is 0 Å². The molecule has 0 saturated carbocycles. The fourth-order valence-electron chi connectivity index (χ4n) is 7.34. The van der Waals surface area contributed by atoms with Gasteiger partial charge in [0.25, 0.3) is 0 Å². The Balaban J connectivity index is 1.14. The highest BCUT2D eigenvalue weighted by Crippen LogP contribution is 2.41. The van der Waals surface area contributed by atoms with Crippen LogP contribution in [-0.4, -0.2) is 15.0 Å². The first-order chi connectivity index (χ1) is 26.3. The van der Waals surface area contributed by atoms with Crippen molar-refractivity contribution in [1.29, 1.82) is 0 Å². The number of aromatic nitrogens is 3. The molecule has 0 aliphatic rings. The molecule has 0 fully saturated rings. The third-order valence-corrected chi connectivity index (χ3v) is 9.98. The summed E-state index contributed by atoms with van der Waals surface area (Å²) in [5, 5.41) is 4.22. The van der Waals surface area contributed by atoms with Gasteiger partial charge in [-0.2, -0.15) is 0 Å². The molecule has 0 bridgehead atoms. The first kappa shape index (κ1) is 30.6. The molecular formula is C49H31N3O. The topological polar surface area (TPSA) is 51.8 Å². The van der Waals surface area contributed by atoms with Gasteiger partial charge in [0.1, 0.15) is 11.2 Å². The number of furan rings is 1. The molecular weight excluding hydrogens is 647 g/mol. The molecule has 0 aliphatic carbocycles. The van der Waals surface area contributed by atoms with Crippen LogP contribution in [0.4, 0.5) is 0 Å². The summed E-state index contributed by atoms with van der Waals surface area (Å²) in [5.74, 6) is 1.83. The Morgan fingerprint density at radius 1 is 0.302 bits per heavy atom. The van der Waals surface area contributed by atoms with Crippen LogP contribution >= 0.6 is 0 Å². The van der Waals surface area contributed by atoms with Crippen LogP contribution in [0.5, 0.6) is 0 Å². The van der Waals surface area contributed by atoms with Gasteiger partial charge in [-0.15, -0.1) is 0 Å². The van der Waals surface area contributed by atoms with Gasteiger partial charge in [0.05, 0.1) is 0 Å². The smallest absolute Gasteiger partial charge is 0.164 e. The van der Waals surface area contributed by atoms with E-state index in [4.69, 9.17) is 19.4 Å². The van der Waals surface area contributed by atoms with Gasteiger partial charge in [0.2, 0.25) is 0 Å². The SMILES string of the molecule is c1ccc(-c2ccc(-c3nc(-c4cccc5ccccc45)nc(-c4cccc5oc6c(-c7ccc(-c8ccccc8)cc7)cccc6c45)n3)cc2)cc1. The van der Waals surface area contributed by atoms with Crippen molar-refractivity contribution < 1.29 is 4.42 Å². The molecule has 4 heteroatoms. The second-order valence-electron chi connectivity index (χ2n) is 13.2. The summed E-state index contributed by atoms with van der Waals surface area (Å²) in [4.78, 5) is 15.5. The van der Waals surface area contributed by atoms with E-state index in [9.17, 15) is 0 Å². The maximum absolute atomic E-state index is 6.69. The maximum Gasteiger partial charge on any atom is 0.164 e. The highest BCUT2D eigenvalue weighted by molar-refractivity contribution is 6.15. The van der Waals surface area contributed by atoms with Crippen molar-refractivity contribution in [3.8, 4) is 67.5 Å². The molecule has 0 radical (unpaired) electrons. The molecule has 0 aliphatic heterocycles. The summed E-state index contributed by atoms with van der Waals surface area (Å²) < 4.78 is 6.69. The minimum atomic E-state index is 0.594. The summed E-state index contributed by atoms with van der Waals surface area (Å²) in [5.41, 5.74) is 11.2. The van der Waals surface area contributed by atoms with Crippen molar-refractivity contribution >= 4 is 32.7 Å². The zero-order valence-electron chi connectivity index (χ0n) is 28.6. The molecule has 2 aromatic heterocycles. The molecule has 10 aromatic rings. The minimum Gasteiger partial charge on any atom is -0.455 e. The van der Waals surface area contributed by atoms with Gasteiger partial charge in [0, 0.05) is 33.0 Å². The van der Waals surface area contributed by atoms with Gasteiger partial charge in [-0.25, -0.2) is 15.0 Å². The van der Waals surface area contributed by atoms with E-state index in [0.717, 1.165) is 71.7 Å². The molecule has 0 spiro atoms. The molecule has 53 heavy (non-hydrogen) atoms. The van der Waals surface area contributed by atoms with Gasteiger partial charge >= 0.3 is 0 Å². The Morgan fingerprint density at radius 2 is 0.774 bits per heavy atom. The Bertz CT molecular complexity index is 2910. The normalized spacial score (nSPS) is 11.4. The van der Waals surface area contributed by atoms with Crippen LogP contribution in [0.2, 0.25) is 0 Å². The van der Waals surface area contributed by atoms with E-state index in [2.05, 4.69) is 164 Å². The van der Waals surface area contributed by atoms with E-state index < -0.39 is 0 Å². The molecule has 248 valence electrons. The highest BCUT2D eigenvalue weighted by atomic mass is 16.3. The van der Waals surface area contributed by atoms with Crippen LogP contribution in [0.25, 0.3) is 100 Å². The maximum atomic E-state index is 6.69. The third-order valence-electron chi connectivity index (χ3n) is 9.98. The predicted molar refractivity (Wildman–Crippen MR) is 217 cm³/mol. The highest BCUT2D eigenvalue weighted by Gasteiger charge is 2.20. The van der Waals surface area contributed by atoms with E-state index in [1.165, 1.54) is 11.1 Å². The lowest BCUT2D eigenvalue weighted by molar-refractivity contribution is 0.670. The van der Waals surface area contributed by atoms with E-state index in [0.29, 0.717) is 17.5 Å². The lowest BCUT2D eigenvalue weighted by atomic mass is 9.98. The Labute approximate surface area is 306 Å². The Kier molecular flexibility index (Phi) is 7.43. The average molecular weight is 678 g/mol. The molecule has 0 N–H and O–H groups in total. The number of rotatable bonds is 6.